The Morgan fingerprint density at radius 3 is 2.43 bits per heavy atom. The maximum Gasteiger partial charge on any atom is 0.310 e. The lowest BCUT2D eigenvalue weighted by atomic mass is 9.97. The SMILES string of the molecule is CCCCCCCCCC(=O)N1CCC[C@H](C(=O)OC)C1. The molecule has 1 atom stereocenters. The predicted octanol–water partition coefficient (Wildman–Crippen LogP) is 3.54. The van der Waals surface area contributed by atoms with Gasteiger partial charge < -0.3 is 9.64 Å². The van der Waals surface area contributed by atoms with Crippen molar-refractivity contribution in [2.45, 2.75) is 71.1 Å². The van der Waals surface area contributed by atoms with Gasteiger partial charge in [0, 0.05) is 19.5 Å². The second-order valence-corrected chi connectivity index (χ2v) is 6.07. The summed E-state index contributed by atoms with van der Waals surface area (Å²) >= 11 is 0. The van der Waals surface area contributed by atoms with E-state index in [1.807, 2.05) is 4.90 Å². The van der Waals surface area contributed by atoms with E-state index in [9.17, 15) is 9.59 Å². The fourth-order valence-corrected chi connectivity index (χ4v) is 2.95. The third kappa shape index (κ3) is 6.96. The summed E-state index contributed by atoms with van der Waals surface area (Å²) in [4.78, 5) is 25.6. The molecule has 0 unspecified atom stereocenters. The van der Waals surface area contributed by atoms with Crippen molar-refractivity contribution < 1.29 is 14.3 Å². The van der Waals surface area contributed by atoms with Gasteiger partial charge in [-0.25, -0.2) is 0 Å². The van der Waals surface area contributed by atoms with Crippen LogP contribution in [-0.4, -0.2) is 37.0 Å². The molecular formula is C17H31NO3. The van der Waals surface area contributed by atoms with E-state index in [-0.39, 0.29) is 17.8 Å². The van der Waals surface area contributed by atoms with Crippen LogP contribution in [-0.2, 0) is 14.3 Å². The molecule has 0 aromatic heterocycles. The number of likely N-dealkylation sites (tertiary alicyclic amines) is 1. The van der Waals surface area contributed by atoms with Crippen molar-refractivity contribution in [3.8, 4) is 0 Å². The van der Waals surface area contributed by atoms with Gasteiger partial charge in [-0.2, -0.15) is 0 Å². The quantitative estimate of drug-likeness (QED) is 0.483. The van der Waals surface area contributed by atoms with Crippen LogP contribution >= 0.6 is 0 Å². The van der Waals surface area contributed by atoms with Crippen LogP contribution in [0.25, 0.3) is 0 Å². The Bertz CT molecular complexity index is 317. The number of esters is 1. The van der Waals surface area contributed by atoms with E-state index >= 15 is 0 Å². The van der Waals surface area contributed by atoms with Crippen molar-refractivity contribution in [2.75, 3.05) is 20.2 Å². The normalized spacial score (nSPS) is 18.6. The van der Waals surface area contributed by atoms with Gasteiger partial charge in [0.25, 0.3) is 0 Å². The molecule has 1 aliphatic rings. The average Bonchev–Trinajstić information content (AvgIpc) is 2.53. The molecule has 1 fully saturated rings. The number of methoxy groups -OCH3 is 1. The van der Waals surface area contributed by atoms with Crippen LogP contribution in [0.2, 0.25) is 0 Å². The zero-order valence-electron chi connectivity index (χ0n) is 13.7. The van der Waals surface area contributed by atoms with E-state index in [4.69, 9.17) is 4.74 Å². The lowest BCUT2D eigenvalue weighted by Crippen LogP contribution is -2.42. The number of hydrogen-bond acceptors (Lipinski definition) is 3. The summed E-state index contributed by atoms with van der Waals surface area (Å²) in [7, 11) is 1.42. The molecule has 0 spiro atoms. The average molecular weight is 297 g/mol. The fourth-order valence-electron chi connectivity index (χ4n) is 2.95. The van der Waals surface area contributed by atoms with Gasteiger partial charge >= 0.3 is 5.97 Å². The molecule has 0 aliphatic carbocycles. The summed E-state index contributed by atoms with van der Waals surface area (Å²) < 4.78 is 4.79. The highest BCUT2D eigenvalue weighted by atomic mass is 16.5. The molecule has 4 heteroatoms. The Morgan fingerprint density at radius 2 is 1.76 bits per heavy atom. The van der Waals surface area contributed by atoms with Crippen molar-refractivity contribution in [1.29, 1.82) is 0 Å². The van der Waals surface area contributed by atoms with Crippen molar-refractivity contribution in [3.05, 3.63) is 0 Å². The van der Waals surface area contributed by atoms with E-state index in [2.05, 4.69) is 6.92 Å². The Kier molecular flexibility index (Phi) is 9.11. The highest BCUT2D eigenvalue weighted by Gasteiger charge is 2.28. The number of carbonyl (C=O) groups is 2. The van der Waals surface area contributed by atoms with Gasteiger partial charge in [0.15, 0.2) is 0 Å². The minimum absolute atomic E-state index is 0.123. The van der Waals surface area contributed by atoms with Gasteiger partial charge in [0.05, 0.1) is 13.0 Å². The second-order valence-electron chi connectivity index (χ2n) is 6.07. The minimum atomic E-state index is -0.177. The standard InChI is InChI=1S/C17H31NO3/c1-3-4-5-6-7-8-9-12-16(19)18-13-10-11-15(14-18)17(20)21-2/h15H,3-14H2,1-2H3/t15-/m0/s1. The lowest BCUT2D eigenvalue weighted by Gasteiger charge is -2.31. The van der Waals surface area contributed by atoms with Gasteiger partial charge in [0.1, 0.15) is 0 Å². The molecule has 122 valence electrons. The Hall–Kier alpha value is -1.06. The number of nitrogens with zero attached hydrogens (tertiary/aromatic N) is 1. The zero-order chi connectivity index (χ0) is 15.5. The van der Waals surface area contributed by atoms with Crippen LogP contribution in [0, 0.1) is 5.92 Å². The molecule has 0 aromatic carbocycles. The molecule has 0 saturated carbocycles. The van der Waals surface area contributed by atoms with Crippen molar-refractivity contribution >= 4 is 11.9 Å². The van der Waals surface area contributed by atoms with Crippen molar-refractivity contribution in [1.82, 2.24) is 4.90 Å². The van der Waals surface area contributed by atoms with Gasteiger partial charge in [-0.15, -0.1) is 0 Å². The maximum absolute atomic E-state index is 12.2. The van der Waals surface area contributed by atoms with Crippen LogP contribution in [0.4, 0.5) is 0 Å². The number of rotatable bonds is 9. The highest BCUT2D eigenvalue weighted by Crippen LogP contribution is 2.19. The summed E-state index contributed by atoms with van der Waals surface area (Å²) in [6, 6.07) is 0. The van der Waals surface area contributed by atoms with Crippen molar-refractivity contribution in [2.24, 2.45) is 5.92 Å². The summed E-state index contributed by atoms with van der Waals surface area (Å²) in [5, 5.41) is 0. The molecule has 1 amide bonds. The van der Waals surface area contributed by atoms with Crippen LogP contribution in [0.15, 0.2) is 0 Å². The number of piperidine rings is 1. The van der Waals surface area contributed by atoms with E-state index in [0.717, 1.165) is 32.2 Å². The molecule has 1 rings (SSSR count). The number of ether oxygens (including phenoxy) is 1. The molecule has 0 radical (unpaired) electrons. The third-order valence-corrected chi connectivity index (χ3v) is 4.30. The molecule has 1 aliphatic heterocycles. The summed E-state index contributed by atoms with van der Waals surface area (Å²) in [6.45, 7) is 3.56. The largest absolute Gasteiger partial charge is 0.469 e. The minimum Gasteiger partial charge on any atom is -0.469 e. The number of unbranched alkanes of at least 4 members (excludes halogenated alkanes) is 6. The van der Waals surface area contributed by atoms with E-state index in [1.54, 1.807) is 0 Å². The number of carbonyl (C=O) groups excluding carboxylic acids is 2. The Morgan fingerprint density at radius 1 is 1.10 bits per heavy atom. The maximum atomic E-state index is 12.2. The first-order valence-electron chi connectivity index (χ1n) is 8.54. The smallest absolute Gasteiger partial charge is 0.310 e. The van der Waals surface area contributed by atoms with Gasteiger partial charge in [0.2, 0.25) is 5.91 Å². The number of hydrogen-bond donors (Lipinski definition) is 0. The first-order valence-corrected chi connectivity index (χ1v) is 8.54. The predicted molar refractivity (Wildman–Crippen MR) is 83.9 cm³/mol. The molecule has 0 aromatic rings. The topological polar surface area (TPSA) is 46.6 Å². The van der Waals surface area contributed by atoms with E-state index < -0.39 is 0 Å². The zero-order valence-corrected chi connectivity index (χ0v) is 13.7. The van der Waals surface area contributed by atoms with Crippen LogP contribution in [0.3, 0.4) is 0 Å². The fraction of sp³-hybridized carbons (Fsp3) is 0.882. The van der Waals surface area contributed by atoms with Crippen LogP contribution in [0.1, 0.15) is 71.1 Å². The Labute approximate surface area is 129 Å². The summed E-state index contributed by atoms with van der Waals surface area (Å²) in [5.41, 5.74) is 0. The Balaban J connectivity index is 2.15. The second kappa shape index (κ2) is 10.6. The monoisotopic (exact) mass is 297 g/mol. The van der Waals surface area contributed by atoms with Crippen molar-refractivity contribution in [3.63, 3.8) is 0 Å². The molecule has 4 nitrogen and oxygen atoms in total. The molecular weight excluding hydrogens is 266 g/mol. The molecule has 0 bridgehead atoms. The highest BCUT2D eigenvalue weighted by molar-refractivity contribution is 5.78. The van der Waals surface area contributed by atoms with E-state index in [1.165, 1.54) is 39.2 Å². The summed E-state index contributed by atoms with van der Waals surface area (Å²) in [6.07, 6.45) is 10.9. The molecule has 21 heavy (non-hydrogen) atoms. The van der Waals surface area contributed by atoms with Gasteiger partial charge in [-0.3, -0.25) is 9.59 Å². The first-order chi connectivity index (χ1) is 10.2. The van der Waals surface area contributed by atoms with Gasteiger partial charge in [-0.05, 0) is 19.3 Å². The van der Waals surface area contributed by atoms with E-state index in [0.29, 0.717) is 13.0 Å². The molecule has 1 saturated heterocycles. The summed E-state index contributed by atoms with van der Waals surface area (Å²) in [5.74, 6) is -0.0951. The third-order valence-electron chi connectivity index (χ3n) is 4.30. The lowest BCUT2D eigenvalue weighted by molar-refractivity contribution is -0.149. The van der Waals surface area contributed by atoms with Gasteiger partial charge in [-0.1, -0.05) is 45.4 Å². The van der Waals surface area contributed by atoms with Crippen LogP contribution < -0.4 is 0 Å². The molecule has 0 N–H and O–H groups in total. The first kappa shape index (κ1) is 18.0. The number of amides is 1. The van der Waals surface area contributed by atoms with Crippen LogP contribution in [0.5, 0.6) is 0 Å². The molecule has 1 heterocycles.